The standard InChI is InChI=1S/C37H38F10O/c1-2-3-4-5-21-6-8-22(9-7-21)23-10-12-24(13-11-23)25-16-32(41)35(33(42)17-25)37(46,47)48-27-14-15-28(29(38)20-27)26-18-30(39)34(31(40)19-26)36(43,44)45/h14-24H,2-13H2,1H3. The number of unbranched alkanes of at least 4 members (excludes halogenated alkanes) is 2. The van der Waals surface area contributed by atoms with Crippen molar-refractivity contribution in [3.05, 3.63) is 88.2 Å². The Labute approximate surface area is 273 Å². The Morgan fingerprint density at radius 1 is 0.625 bits per heavy atom. The highest BCUT2D eigenvalue weighted by molar-refractivity contribution is 5.66. The lowest BCUT2D eigenvalue weighted by atomic mass is 9.68. The van der Waals surface area contributed by atoms with Crippen LogP contribution in [0.5, 0.6) is 5.75 Å². The molecule has 2 aliphatic carbocycles. The highest BCUT2D eigenvalue weighted by Crippen LogP contribution is 2.46. The van der Waals surface area contributed by atoms with E-state index in [2.05, 4.69) is 11.7 Å². The molecule has 0 atom stereocenters. The Morgan fingerprint density at radius 2 is 1.17 bits per heavy atom. The van der Waals surface area contributed by atoms with E-state index in [9.17, 15) is 26.3 Å². The summed E-state index contributed by atoms with van der Waals surface area (Å²) < 4.78 is 146. The largest absolute Gasteiger partial charge is 0.432 e. The smallest absolute Gasteiger partial charge is 0.429 e. The number of hydrogen-bond acceptors (Lipinski definition) is 1. The summed E-state index contributed by atoms with van der Waals surface area (Å²) in [6.07, 6.45) is 3.27. The molecule has 0 aromatic heterocycles. The van der Waals surface area contributed by atoms with E-state index < -0.39 is 69.4 Å². The summed E-state index contributed by atoms with van der Waals surface area (Å²) in [5, 5.41) is 0. The molecule has 1 nitrogen and oxygen atoms in total. The molecular weight excluding hydrogens is 650 g/mol. The summed E-state index contributed by atoms with van der Waals surface area (Å²) in [6, 6.07) is 4.13. The molecule has 2 fully saturated rings. The maximum absolute atomic E-state index is 15.1. The van der Waals surface area contributed by atoms with Crippen LogP contribution in [0.25, 0.3) is 11.1 Å². The molecule has 0 heterocycles. The quantitative estimate of drug-likeness (QED) is 0.152. The zero-order chi connectivity index (χ0) is 34.8. The van der Waals surface area contributed by atoms with Crippen LogP contribution in [0, 0.1) is 46.8 Å². The van der Waals surface area contributed by atoms with Gasteiger partial charge in [0.05, 0.1) is 0 Å². The van der Waals surface area contributed by atoms with Gasteiger partial charge in [-0.05, 0) is 110 Å². The second kappa shape index (κ2) is 14.7. The number of hydrogen-bond donors (Lipinski definition) is 0. The number of alkyl halides is 5. The predicted molar refractivity (Wildman–Crippen MR) is 162 cm³/mol. The molecule has 11 heteroatoms. The summed E-state index contributed by atoms with van der Waals surface area (Å²) in [6.45, 7) is 2.21. The summed E-state index contributed by atoms with van der Waals surface area (Å²) in [5.41, 5.74) is -4.80. The first-order valence-corrected chi connectivity index (χ1v) is 16.6. The van der Waals surface area contributed by atoms with Crippen molar-refractivity contribution >= 4 is 0 Å². The predicted octanol–water partition coefficient (Wildman–Crippen LogP) is 12.9. The second-order valence-electron chi connectivity index (χ2n) is 13.3. The fourth-order valence-corrected chi connectivity index (χ4v) is 7.65. The molecule has 2 aliphatic rings. The maximum Gasteiger partial charge on any atom is 0.432 e. The monoisotopic (exact) mass is 688 g/mol. The van der Waals surface area contributed by atoms with Gasteiger partial charge < -0.3 is 4.74 Å². The molecule has 0 N–H and O–H groups in total. The van der Waals surface area contributed by atoms with Gasteiger partial charge in [-0.25, -0.2) is 22.0 Å². The minimum Gasteiger partial charge on any atom is -0.429 e. The molecule has 262 valence electrons. The van der Waals surface area contributed by atoms with Crippen molar-refractivity contribution in [2.75, 3.05) is 0 Å². The molecule has 0 radical (unpaired) electrons. The van der Waals surface area contributed by atoms with Gasteiger partial charge in [0.15, 0.2) is 0 Å². The third-order valence-electron chi connectivity index (χ3n) is 10.2. The van der Waals surface area contributed by atoms with E-state index in [1.807, 2.05) is 0 Å². The van der Waals surface area contributed by atoms with Crippen molar-refractivity contribution in [3.63, 3.8) is 0 Å². The Kier molecular flexibility index (Phi) is 11.0. The van der Waals surface area contributed by atoms with Crippen LogP contribution in [0.1, 0.15) is 107 Å². The summed E-state index contributed by atoms with van der Waals surface area (Å²) in [5.74, 6) is -7.48. The number of rotatable bonds is 10. The fraction of sp³-hybridized carbons (Fsp3) is 0.514. The summed E-state index contributed by atoms with van der Waals surface area (Å²) >= 11 is 0. The zero-order valence-corrected chi connectivity index (χ0v) is 26.5. The third kappa shape index (κ3) is 8.13. The Hall–Kier alpha value is -3.24. The highest BCUT2D eigenvalue weighted by atomic mass is 19.4. The van der Waals surface area contributed by atoms with Crippen molar-refractivity contribution in [2.24, 2.45) is 17.8 Å². The van der Waals surface area contributed by atoms with Gasteiger partial charge in [0.2, 0.25) is 0 Å². The lowest BCUT2D eigenvalue weighted by Crippen LogP contribution is -2.27. The Bertz CT molecular complexity index is 1520. The normalized spacial score (nSPS) is 22.1. The van der Waals surface area contributed by atoms with Crippen LogP contribution in [-0.4, -0.2) is 0 Å². The first-order chi connectivity index (χ1) is 22.7. The van der Waals surface area contributed by atoms with E-state index in [1.54, 1.807) is 0 Å². The minimum atomic E-state index is -5.34. The molecule has 0 spiro atoms. The summed E-state index contributed by atoms with van der Waals surface area (Å²) in [4.78, 5) is 0. The van der Waals surface area contributed by atoms with Gasteiger partial charge >= 0.3 is 12.3 Å². The van der Waals surface area contributed by atoms with Crippen LogP contribution in [0.4, 0.5) is 43.9 Å². The van der Waals surface area contributed by atoms with Gasteiger partial charge in [-0.1, -0.05) is 45.4 Å². The number of halogens is 10. The van der Waals surface area contributed by atoms with Crippen molar-refractivity contribution in [3.8, 4) is 16.9 Å². The first kappa shape index (κ1) is 36.1. The Morgan fingerprint density at radius 3 is 1.69 bits per heavy atom. The van der Waals surface area contributed by atoms with Crippen molar-refractivity contribution in [1.29, 1.82) is 0 Å². The molecule has 3 aromatic rings. The van der Waals surface area contributed by atoms with Gasteiger partial charge in [0.1, 0.15) is 46.0 Å². The van der Waals surface area contributed by atoms with Crippen LogP contribution < -0.4 is 4.74 Å². The minimum absolute atomic E-state index is 0.180. The van der Waals surface area contributed by atoms with Crippen LogP contribution in [0.3, 0.4) is 0 Å². The van der Waals surface area contributed by atoms with Crippen molar-refractivity contribution in [2.45, 2.75) is 102 Å². The van der Waals surface area contributed by atoms with E-state index in [0.717, 1.165) is 43.0 Å². The van der Waals surface area contributed by atoms with Crippen molar-refractivity contribution in [1.82, 2.24) is 0 Å². The van der Waals surface area contributed by atoms with Gasteiger partial charge in [0, 0.05) is 11.6 Å². The molecule has 0 amide bonds. The van der Waals surface area contributed by atoms with Crippen LogP contribution in [-0.2, 0) is 12.3 Å². The molecule has 0 saturated heterocycles. The van der Waals surface area contributed by atoms with Gasteiger partial charge in [-0.3, -0.25) is 0 Å². The average Bonchev–Trinajstić information content (AvgIpc) is 3.00. The van der Waals surface area contributed by atoms with E-state index in [1.165, 1.54) is 51.4 Å². The lowest BCUT2D eigenvalue weighted by Gasteiger charge is -2.38. The SMILES string of the molecule is CCCCCC1CCC(C2CCC(c3cc(F)c(C(F)(F)Oc4ccc(-c5cc(F)c(C(F)(F)F)c(F)c5)c(F)c4)c(F)c3)CC2)CC1. The van der Waals surface area contributed by atoms with E-state index >= 15 is 17.6 Å². The van der Waals surface area contributed by atoms with Crippen molar-refractivity contribution < 1.29 is 48.6 Å². The maximum atomic E-state index is 15.1. The van der Waals surface area contributed by atoms with Gasteiger partial charge in [-0.15, -0.1) is 0 Å². The molecule has 2 saturated carbocycles. The van der Waals surface area contributed by atoms with Crippen LogP contribution >= 0.6 is 0 Å². The Balaban J connectivity index is 1.23. The third-order valence-corrected chi connectivity index (χ3v) is 10.2. The van der Waals surface area contributed by atoms with E-state index in [0.29, 0.717) is 30.7 Å². The molecule has 0 bridgehead atoms. The molecule has 0 unspecified atom stereocenters. The molecule has 48 heavy (non-hydrogen) atoms. The highest BCUT2D eigenvalue weighted by Gasteiger charge is 2.42. The van der Waals surface area contributed by atoms with E-state index in [-0.39, 0.29) is 23.6 Å². The number of ether oxygens (including phenoxy) is 1. The lowest BCUT2D eigenvalue weighted by molar-refractivity contribution is -0.189. The topological polar surface area (TPSA) is 9.23 Å². The first-order valence-electron chi connectivity index (χ1n) is 16.6. The molecular formula is C37H38F10O. The fourth-order valence-electron chi connectivity index (χ4n) is 7.65. The molecule has 0 aliphatic heterocycles. The molecule has 5 rings (SSSR count). The van der Waals surface area contributed by atoms with Crippen LogP contribution in [0.15, 0.2) is 42.5 Å². The average molecular weight is 689 g/mol. The number of benzene rings is 3. The van der Waals surface area contributed by atoms with Gasteiger partial charge in [-0.2, -0.15) is 22.0 Å². The van der Waals surface area contributed by atoms with E-state index in [4.69, 9.17) is 0 Å². The summed E-state index contributed by atoms with van der Waals surface area (Å²) in [7, 11) is 0. The van der Waals surface area contributed by atoms with Crippen LogP contribution in [0.2, 0.25) is 0 Å². The zero-order valence-electron chi connectivity index (χ0n) is 26.5. The van der Waals surface area contributed by atoms with Gasteiger partial charge in [0.25, 0.3) is 0 Å². The molecule has 3 aromatic carbocycles. The second-order valence-corrected chi connectivity index (χ2v) is 13.3.